The molecule has 1 aromatic rings. The van der Waals surface area contributed by atoms with Gasteiger partial charge in [0.25, 0.3) is 0 Å². The zero-order chi connectivity index (χ0) is 14.8. The molecule has 0 saturated heterocycles. The highest BCUT2D eigenvalue weighted by atomic mass is 16.5. The first kappa shape index (κ1) is 17.0. The van der Waals surface area contributed by atoms with Crippen molar-refractivity contribution < 1.29 is 14.8 Å². The molecule has 0 heterocycles. The zero-order valence-electron chi connectivity index (χ0n) is 13.4. The van der Waals surface area contributed by atoms with Crippen LogP contribution in [-0.4, -0.2) is 32.4 Å². The van der Waals surface area contributed by atoms with E-state index in [4.69, 9.17) is 9.47 Å². The van der Waals surface area contributed by atoms with Crippen molar-refractivity contribution in [2.24, 2.45) is 0 Å². The number of benzene rings is 1. The van der Waals surface area contributed by atoms with E-state index >= 15 is 0 Å². The molecule has 0 radical (unpaired) electrons. The molecule has 0 aliphatic rings. The molecular weight excluding hydrogens is 250 g/mol. The second-order valence-electron chi connectivity index (χ2n) is 5.60. The summed E-state index contributed by atoms with van der Waals surface area (Å²) in [5.74, 6) is 1.47. The predicted molar refractivity (Wildman–Crippen MR) is 83.4 cm³/mol. The van der Waals surface area contributed by atoms with Crippen LogP contribution in [-0.2, 0) is 4.74 Å². The molecule has 0 spiro atoms. The maximum absolute atomic E-state index is 5.71. The summed E-state index contributed by atoms with van der Waals surface area (Å²) in [4.78, 5) is 0. The van der Waals surface area contributed by atoms with E-state index in [2.05, 4.69) is 45.1 Å². The van der Waals surface area contributed by atoms with Crippen molar-refractivity contribution >= 4 is 0 Å². The van der Waals surface area contributed by atoms with E-state index in [1.165, 1.54) is 12.0 Å². The lowest BCUT2D eigenvalue weighted by molar-refractivity contribution is -0.687. The molecule has 20 heavy (non-hydrogen) atoms. The smallest absolute Gasteiger partial charge is 0.119 e. The highest BCUT2D eigenvalue weighted by Crippen LogP contribution is 2.19. The van der Waals surface area contributed by atoms with Gasteiger partial charge in [0.2, 0.25) is 0 Å². The molecule has 1 rings (SSSR count). The molecule has 0 aliphatic carbocycles. The first-order valence-corrected chi connectivity index (χ1v) is 7.77. The third-order valence-corrected chi connectivity index (χ3v) is 3.50. The van der Waals surface area contributed by atoms with Gasteiger partial charge in [0.05, 0.1) is 25.8 Å². The van der Waals surface area contributed by atoms with Crippen molar-refractivity contribution in [3.63, 3.8) is 0 Å². The number of ether oxygens (including phenoxy) is 2. The fourth-order valence-corrected chi connectivity index (χ4v) is 1.89. The van der Waals surface area contributed by atoms with Crippen LogP contribution in [0.2, 0.25) is 0 Å². The first-order valence-electron chi connectivity index (χ1n) is 7.77. The van der Waals surface area contributed by atoms with Gasteiger partial charge in [-0.25, -0.2) is 0 Å². The van der Waals surface area contributed by atoms with Crippen LogP contribution in [0.4, 0.5) is 0 Å². The molecule has 1 atom stereocenters. The van der Waals surface area contributed by atoms with Gasteiger partial charge in [0, 0.05) is 0 Å². The Morgan fingerprint density at radius 2 is 1.90 bits per heavy atom. The van der Waals surface area contributed by atoms with Crippen molar-refractivity contribution in [3.05, 3.63) is 29.8 Å². The SMILES string of the molecule is CC[C@H](C)[NH2+]CCOCCOc1cccc(C(C)C)c1. The summed E-state index contributed by atoms with van der Waals surface area (Å²) in [7, 11) is 0. The average molecular weight is 280 g/mol. The monoisotopic (exact) mass is 280 g/mol. The van der Waals surface area contributed by atoms with E-state index in [0.29, 0.717) is 25.2 Å². The summed E-state index contributed by atoms with van der Waals surface area (Å²) >= 11 is 0. The molecule has 0 unspecified atom stereocenters. The molecule has 2 N–H and O–H groups in total. The molecule has 0 amide bonds. The van der Waals surface area contributed by atoms with Crippen LogP contribution >= 0.6 is 0 Å². The van der Waals surface area contributed by atoms with E-state index in [9.17, 15) is 0 Å². The lowest BCUT2D eigenvalue weighted by Crippen LogP contribution is -2.90. The molecule has 0 aromatic heterocycles. The van der Waals surface area contributed by atoms with Gasteiger partial charge in [-0.05, 0) is 37.0 Å². The number of hydrogen-bond acceptors (Lipinski definition) is 2. The molecule has 1 aromatic carbocycles. The summed E-state index contributed by atoms with van der Waals surface area (Å²) < 4.78 is 11.3. The van der Waals surface area contributed by atoms with Gasteiger partial charge in [-0.15, -0.1) is 0 Å². The predicted octanol–water partition coefficient (Wildman–Crippen LogP) is 2.57. The van der Waals surface area contributed by atoms with Crippen molar-refractivity contribution in [1.82, 2.24) is 0 Å². The van der Waals surface area contributed by atoms with Crippen molar-refractivity contribution in [3.8, 4) is 5.75 Å². The maximum atomic E-state index is 5.71. The van der Waals surface area contributed by atoms with Crippen LogP contribution in [0.1, 0.15) is 45.6 Å². The molecule has 3 heteroatoms. The summed E-state index contributed by atoms with van der Waals surface area (Å²) in [6.07, 6.45) is 1.20. The Labute approximate surface area is 123 Å². The molecule has 0 aliphatic heterocycles. The van der Waals surface area contributed by atoms with Crippen molar-refractivity contribution in [2.45, 2.75) is 46.1 Å². The zero-order valence-corrected chi connectivity index (χ0v) is 13.4. The van der Waals surface area contributed by atoms with Gasteiger partial charge >= 0.3 is 0 Å². The largest absolute Gasteiger partial charge is 0.491 e. The highest BCUT2D eigenvalue weighted by molar-refractivity contribution is 5.30. The molecule has 0 bridgehead atoms. The fraction of sp³-hybridized carbons (Fsp3) is 0.647. The van der Waals surface area contributed by atoms with Crippen LogP contribution in [0, 0.1) is 0 Å². The highest BCUT2D eigenvalue weighted by Gasteiger charge is 2.02. The van der Waals surface area contributed by atoms with E-state index in [-0.39, 0.29) is 0 Å². The normalized spacial score (nSPS) is 12.7. The summed E-state index contributed by atoms with van der Waals surface area (Å²) in [5, 5.41) is 2.33. The van der Waals surface area contributed by atoms with E-state index in [0.717, 1.165) is 18.9 Å². The minimum Gasteiger partial charge on any atom is -0.491 e. The Bertz CT molecular complexity index is 366. The van der Waals surface area contributed by atoms with Gasteiger partial charge in [-0.3, -0.25) is 0 Å². The summed E-state index contributed by atoms with van der Waals surface area (Å²) in [6.45, 7) is 11.9. The number of rotatable bonds is 10. The topological polar surface area (TPSA) is 35.1 Å². The third kappa shape index (κ3) is 6.92. The van der Waals surface area contributed by atoms with Crippen LogP contribution in [0.5, 0.6) is 5.75 Å². The van der Waals surface area contributed by atoms with Gasteiger partial charge in [-0.2, -0.15) is 0 Å². The summed E-state index contributed by atoms with van der Waals surface area (Å²) in [5.41, 5.74) is 1.31. The number of nitrogens with two attached hydrogens (primary N) is 1. The van der Waals surface area contributed by atoms with Crippen molar-refractivity contribution in [2.75, 3.05) is 26.4 Å². The van der Waals surface area contributed by atoms with Crippen LogP contribution in [0.15, 0.2) is 24.3 Å². The average Bonchev–Trinajstić information content (AvgIpc) is 2.46. The van der Waals surface area contributed by atoms with E-state index in [1.807, 2.05) is 12.1 Å². The Morgan fingerprint density at radius 1 is 1.10 bits per heavy atom. The Hall–Kier alpha value is -1.06. The lowest BCUT2D eigenvalue weighted by atomic mass is 10.0. The maximum Gasteiger partial charge on any atom is 0.119 e. The molecule has 0 saturated carbocycles. The first-order chi connectivity index (χ1) is 9.63. The number of hydrogen-bond donors (Lipinski definition) is 1. The van der Waals surface area contributed by atoms with Gasteiger partial charge < -0.3 is 14.8 Å². The fourth-order valence-electron chi connectivity index (χ4n) is 1.89. The van der Waals surface area contributed by atoms with E-state index < -0.39 is 0 Å². The third-order valence-electron chi connectivity index (χ3n) is 3.50. The van der Waals surface area contributed by atoms with Crippen LogP contribution in [0.25, 0.3) is 0 Å². The van der Waals surface area contributed by atoms with Crippen LogP contribution < -0.4 is 10.1 Å². The second kappa shape index (κ2) is 9.78. The van der Waals surface area contributed by atoms with Gasteiger partial charge in [0.1, 0.15) is 12.4 Å². The van der Waals surface area contributed by atoms with Crippen LogP contribution in [0.3, 0.4) is 0 Å². The quantitative estimate of drug-likeness (QED) is 0.669. The number of quaternary nitrogens is 1. The van der Waals surface area contributed by atoms with Crippen molar-refractivity contribution in [1.29, 1.82) is 0 Å². The Morgan fingerprint density at radius 3 is 2.60 bits per heavy atom. The Kier molecular flexibility index (Phi) is 8.31. The van der Waals surface area contributed by atoms with Gasteiger partial charge in [-0.1, -0.05) is 32.9 Å². The minimum atomic E-state index is 0.533. The molecule has 0 fully saturated rings. The minimum absolute atomic E-state index is 0.533. The second-order valence-corrected chi connectivity index (χ2v) is 5.60. The molecule has 114 valence electrons. The summed E-state index contributed by atoms with van der Waals surface area (Å²) in [6, 6.07) is 8.99. The Balaban J connectivity index is 2.11. The molecule has 3 nitrogen and oxygen atoms in total. The lowest BCUT2D eigenvalue weighted by Gasteiger charge is -2.11. The van der Waals surface area contributed by atoms with E-state index in [1.54, 1.807) is 0 Å². The molecular formula is C17H30NO2+. The standard InChI is InChI=1S/C17H29NO2/c1-5-15(4)18-9-10-19-11-12-20-17-8-6-7-16(13-17)14(2)3/h6-8,13-15,18H,5,9-12H2,1-4H3/p+1/t15-/m0/s1. The van der Waals surface area contributed by atoms with Gasteiger partial charge in [0.15, 0.2) is 0 Å².